The molecule has 3 rings (SSSR count). The first kappa shape index (κ1) is 13.3. The number of nitrogens with two attached hydrogens (primary N) is 1. The van der Waals surface area contributed by atoms with Gasteiger partial charge in [0.25, 0.3) is 0 Å². The summed E-state index contributed by atoms with van der Waals surface area (Å²) in [6.45, 7) is 0.400. The first-order valence-corrected chi connectivity index (χ1v) is 8.39. The van der Waals surface area contributed by atoms with Crippen molar-refractivity contribution in [1.82, 2.24) is 14.3 Å². The number of nitrogen functional groups attached to an aromatic ring is 1. The van der Waals surface area contributed by atoms with Gasteiger partial charge in [0, 0.05) is 6.20 Å². The van der Waals surface area contributed by atoms with Gasteiger partial charge < -0.3 is 11.1 Å². The highest BCUT2D eigenvalue weighted by atomic mass is 32.2. The molecule has 7 nitrogen and oxygen atoms in total. The quantitative estimate of drug-likeness (QED) is 0.849. The van der Waals surface area contributed by atoms with Crippen LogP contribution < -0.4 is 11.1 Å². The molecule has 0 spiro atoms. The van der Waals surface area contributed by atoms with Gasteiger partial charge in [-0.2, -0.15) is 4.37 Å². The van der Waals surface area contributed by atoms with E-state index in [0.29, 0.717) is 24.4 Å². The van der Waals surface area contributed by atoms with E-state index in [1.54, 1.807) is 12.3 Å². The number of anilines is 2. The Bertz CT molecular complexity index is 710. The highest BCUT2D eigenvalue weighted by molar-refractivity contribution is 7.92. The number of rotatable bonds is 5. The second-order valence-corrected chi connectivity index (χ2v) is 7.46. The largest absolute Gasteiger partial charge is 0.382 e. The predicted molar refractivity (Wildman–Crippen MR) is 76.1 cm³/mol. The van der Waals surface area contributed by atoms with Gasteiger partial charge in [-0.05, 0) is 30.4 Å². The van der Waals surface area contributed by atoms with E-state index in [0.717, 1.165) is 17.2 Å². The highest BCUT2D eigenvalue weighted by Crippen LogP contribution is 2.41. The van der Waals surface area contributed by atoms with Gasteiger partial charge in [-0.15, -0.1) is 0 Å². The molecular formula is C11H13N5O2S2. The summed E-state index contributed by atoms with van der Waals surface area (Å²) in [5.74, 6) is 0.0760. The van der Waals surface area contributed by atoms with Crippen LogP contribution in [0.4, 0.5) is 10.8 Å². The van der Waals surface area contributed by atoms with Crippen molar-refractivity contribution in [2.75, 3.05) is 11.1 Å². The van der Waals surface area contributed by atoms with Gasteiger partial charge >= 0.3 is 0 Å². The Morgan fingerprint density at radius 2 is 2.25 bits per heavy atom. The van der Waals surface area contributed by atoms with Crippen LogP contribution in [0.15, 0.2) is 23.5 Å². The summed E-state index contributed by atoms with van der Waals surface area (Å²) in [6, 6.07) is 1.76. The molecule has 0 radical (unpaired) electrons. The van der Waals surface area contributed by atoms with Crippen molar-refractivity contribution >= 4 is 32.2 Å². The SMILES string of the molecule is Nc1nsc(NCc2ccncn2)c1S(=O)(=O)C1CC1. The summed E-state index contributed by atoms with van der Waals surface area (Å²) in [5, 5.41) is 3.22. The third kappa shape index (κ3) is 2.46. The van der Waals surface area contributed by atoms with E-state index in [9.17, 15) is 8.42 Å². The minimum atomic E-state index is -3.36. The summed E-state index contributed by atoms with van der Waals surface area (Å²) >= 11 is 1.06. The zero-order chi connectivity index (χ0) is 14.2. The van der Waals surface area contributed by atoms with Gasteiger partial charge in [-0.3, -0.25) is 0 Å². The molecule has 2 heterocycles. The van der Waals surface area contributed by atoms with E-state index in [1.807, 2.05) is 0 Å². The summed E-state index contributed by atoms with van der Waals surface area (Å²) in [5.41, 5.74) is 6.48. The minimum Gasteiger partial charge on any atom is -0.382 e. The van der Waals surface area contributed by atoms with Gasteiger partial charge in [0.1, 0.15) is 16.2 Å². The number of aromatic nitrogens is 3. The molecular weight excluding hydrogens is 298 g/mol. The molecule has 1 fully saturated rings. The third-order valence-corrected chi connectivity index (χ3v) is 6.27. The lowest BCUT2D eigenvalue weighted by Gasteiger charge is -2.07. The average Bonchev–Trinajstić information content (AvgIpc) is 3.22. The van der Waals surface area contributed by atoms with E-state index < -0.39 is 9.84 Å². The van der Waals surface area contributed by atoms with Gasteiger partial charge in [-0.1, -0.05) is 0 Å². The second-order valence-electron chi connectivity index (χ2n) is 4.52. The fourth-order valence-corrected chi connectivity index (χ4v) is 4.70. The van der Waals surface area contributed by atoms with Crippen molar-refractivity contribution in [3.63, 3.8) is 0 Å². The molecule has 0 atom stereocenters. The maximum Gasteiger partial charge on any atom is 0.187 e. The number of hydrogen-bond acceptors (Lipinski definition) is 8. The predicted octanol–water partition coefficient (Wildman–Crippen LogP) is 1.06. The molecule has 0 aromatic carbocycles. The number of hydrogen-bond donors (Lipinski definition) is 2. The maximum absolute atomic E-state index is 12.3. The summed E-state index contributed by atoms with van der Waals surface area (Å²) in [6.07, 6.45) is 4.47. The summed E-state index contributed by atoms with van der Waals surface area (Å²) in [4.78, 5) is 8.04. The number of sulfone groups is 1. The van der Waals surface area contributed by atoms with Crippen molar-refractivity contribution < 1.29 is 8.42 Å². The van der Waals surface area contributed by atoms with E-state index in [2.05, 4.69) is 19.7 Å². The molecule has 2 aromatic rings. The normalized spacial score (nSPS) is 15.2. The van der Waals surface area contributed by atoms with Crippen LogP contribution >= 0.6 is 11.5 Å². The lowest BCUT2D eigenvalue weighted by molar-refractivity contribution is 0.595. The zero-order valence-corrected chi connectivity index (χ0v) is 12.1. The minimum absolute atomic E-state index is 0.0760. The first-order chi connectivity index (χ1) is 9.59. The Labute approximate surface area is 120 Å². The zero-order valence-electron chi connectivity index (χ0n) is 10.5. The molecule has 1 aliphatic carbocycles. The lowest BCUT2D eigenvalue weighted by atomic mass is 10.4. The Kier molecular flexibility index (Phi) is 3.30. The number of nitrogens with one attached hydrogen (secondary N) is 1. The van der Waals surface area contributed by atoms with Crippen molar-refractivity contribution in [3.8, 4) is 0 Å². The monoisotopic (exact) mass is 311 g/mol. The van der Waals surface area contributed by atoms with Crippen LogP contribution in [-0.4, -0.2) is 28.0 Å². The lowest BCUT2D eigenvalue weighted by Crippen LogP contribution is -2.11. The highest BCUT2D eigenvalue weighted by Gasteiger charge is 2.40. The van der Waals surface area contributed by atoms with E-state index in [1.165, 1.54) is 6.33 Å². The van der Waals surface area contributed by atoms with Crippen molar-refractivity contribution in [1.29, 1.82) is 0 Å². The van der Waals surface area contributed by atoms with Gasteiger partial charge in [0.05, 0.1) is 17.5 Å². The van der Waals surface area contributed by atoms with Crippen LogP contribution in [-0.2, 0) is 16.4 Å². The third-order valence-electron chi connectivity index (χ3n) is 3.00. The Hall–Kier alpha value is -1.74. The molecule has 3 N–H and O–H groups in total. The second kappa shape index (κ2) is 4.98. The Morgan fingerprint density at radius 1 is 1.45 bits per heavy atom. The molecule has 1 aliphatic rings. The maximum atomic E-state index is 12.3. The van der Waals surface area contributed by atoms with Gasteiger partial charge in [0.15, 0.2) is 15.7 Å². The van der Waals surface area contributed by atoms with E-state index in [-0.39, 0.29) is 16.0 Å². The van der Waals surface area contributed by atoms with Crippen LogP contribution in [0, 0.1) is 0 Å². The van der Waals surface area contributed by atoms with Crippen molar-refractivity contribution in [3.05, 3.63) is 24.3 Å². The molecule has 106 valence electrons. The fourth-order valence-electron chi connectivity index (χ4n) is 1.82. The number of nitrogens with zero attached hydrogens (tertiary/aromatic N) is 3. The molecule has 0 amide bonds. The topological polar surface area (TPSA) is 111 Å². The van der Waals surface area contributed by atoms with Crippen LogP contribution in [0.1, 0.15) is 18.5 Å². The van der Waals surface area contributed by atoms with Gasteiger partial charge in [0.2, 0.25) is 0 Å². The van der Waals surface area contributed by atoms with E-state index >= 15 is 0 Å². The van der Waals surface area contributed by atoms with Crippen LogP contribution in [0.25, 0.3) is 0 Å². The summed E-state index contributed by atoms with van der Waals surface area (Å²) in [7, 11) is -3.36. The Morgan fingerprint density at radius 3 is 2.90 bits per heavy atom. The molecule has 2 aromatic heterocycles. The molecule has 0 bridgehead atoms. The summed E-state index contributed by atoms with van der Waals surface area (Å²) < 4.78 is 28.6. The molecule has 0 saturated heterocycles. The van der Waals surface area contributed by atoms with Crippen molar-refractivity contribution in [2.45, 2.75) is 29.5 Å². The fraction of sp³-hybridized carbons (Fsp3) is 0.364. The molecule has 20 heavy (non-hydrogen) atoms. The molecule has 0 aliphatic heterocycles. The van der Waals surface area contributed by atoms with Crippen LogP contribution in [0.3, 0.4) is 0 Å². The average molecular weight is 311 g/mol. The molecule has 9 heteroatoms. The Balaban J connectivity index is 1.84. The first-order valence-electron chi connectivity index (χ1n) is 6.07. The van der Waals surface area contributed by atoms with Gasteiger partial charge in [-0.25, -0.2) is 18.4 Å². The van der Waals surface area contributed by atoms with E-state index in [4.69, 9.17) is 5.73 Å². The molecule has 0 unspecified atom stereocenters. The van der Waals surface area contributed by atoms with Crippen molar-refractivity contribution in [2.24, 2.45) is 0 Å². The van der Waals surface area contributed by atoms with Crippen LogP contribution in [0.2, 0.25) is 0 Å². The smallest absolute Gasteiger partial charge is 0.187 e. The standard InChI is InChI=1S/C11H13N5O2S2/c12-10-9(20(17,18)8-1-2-8)11(19-16-10)14-5-7-3-4-13-6-15-7/h3-4,6,8,14H,1-2,5H2,(H2,12,16). The molecule has 1 saturated carbocycles. The van der Waals surface area contributed by atoms with Crippen LogP contribution in [0.5, 0.6) is 0 Å².